The molecule has 3 amide bonds. The smallest absolute Gasteiger partial charge is 0.258 e. The number of fused-ring (bicyclic) bond motifs is 3. The SMILES string of the molecule is CC12CCC(=O)N1c1ccccc1C(=O)N2CC(=O)Nc1ccnn1Cc1ccc(Cl)cc1Cl. The van der Waals surface area contributed by atoms with Gasteiger partial charge in [-0.25, -0.2) is 4.68 Å². The quantitative estimate of drug-likeness (QED) is 0.572. The monoisotopic (exact) mass is 497 g/mol. The number of para-hydroxylation sites is 1. The first kappa shape index (κ1) is 22.4. The molecule has 0 aliphatic carbocycles. The lowest BCUT2D eigenvalue weighted by Gasteiger charge is -2.48. The van der Waals surface area contributed by atoms with Crippen LogP contribution >= 0.6 is 23.2 Å². The summed E-state index contributed by atoms with van der Waals surface area (Å²) in [4.78, 5) is 42.2. The Bertz CT molecular complexity index is 1320. The predicted octanol–water partition coefficient (Wildman–Crippen LogP) is 4.18. The van der Waals surface area contributed by atoms with Crippen LogP contribution in [0.1, 0.15) is 35.7 Å². The normalized spacial score (nSPS) is 19.3. The fraction of sp³-hybridized carbons (Fsp3) is 0.250. The lowest BCUT2D eigenvalue weighted by molar-refractivity contribution is -0.120. The Kier molecular flexibility index (Phi) is 5.58. The third kappa shape index (κ3) is 3.73. The highest BCUT2D eigenvalue weighted by Gasteiger charge is 2.53. The summed E-state index contributed by atoms with van der Waals surface area (Å²) in [5, 5.41) is 8.14. The summed E-state index contributed by atoms with van der Waals surface area (Å²) in [5.41, 5.74) is 0.884. The number of aromatic nitrogens is 2. The van der Waals surface area contributed by atoms with Gasteiger partial charge in [-0.1, -0.05) is 41.4 Å². The molecule has 5 rings (SSSR count). The maximum atomic E-state index is 13.3. The number of amides is 3. The van der Waals surface area contributed by atoms with Gasteiger partial charge >= 0.3 is 0 Å². The van der Waals surface area contributed by atoms with Crippen LogP contribution in [0, 0.1) is 0 Å². The number of benzene rings is 2. The highest BCUT2D eigenvalue weighted by atomic mass is 35.5. The van der Waals surface area contributed by atoms with Gasteiger partial charge in [-0.15, -0.1) is 0 Å². The van der Waals surface area contributed by atoms with E-state index in [0.717, 1.165) is 5.56 Å². The molecular formula is C24H21Cl2N5O3. The van der Waals surface area contributed by atoms with Gasteiger partial charge in [0.15, 0.2) is 0 Å². The zero-order valence-electron chi connectivity index (χ0n) is 18.3. The number of nitrogens with one attached hydrogen (secondary N) is 1. The summed E-state index contributed by atoms with van der Waals surface area (Å²) in [7, 11) is 0. The van der Waals surface area contributed by atoms with Gasteiger partial charge in [0.1, 0.15) is 18.0 Å². The summed E-state index contributed by atoms with van der Waals surface area (Å²) < 4.78 is 1.60. The van der Waals surface area contributed by atoms with Crippen LogP contribution in [0.25, 0.3) is 0 Å². The average molecular weight is 498 g/mol. The van der Waals surface area contributed by atoms with Gasteiger partial charge in [0.25, 0.3) is 5.91 Å². The standard InChI is InChI=1S/C24H21Cl2N5O3/c1-24-10-8-22(33)31(24)19-5-3-2-4-17(19)23(34)29(24)14-21(32)28-20-9-11-27-30(20)13-15-6-7-16(25)12-18(15)26/h2-7,9,11-12H,8,10,13-14H2,1H3,(H,28,32). The second-order valence-electron chi connectivity index (χ2n) is 8.51. The van der Waals surface area contributed by atoms with Crippen molar-refractivity contribution < 1.29 is 14.4 Å². The van der Waals surface area contributed by atoms with Crippen molar-refractivity contribution in [2.24, 2.45) is 0 Å². The maximum absolute atomic E-state index is 13.3. The predicted molar refractivity (Wildman–Crippen MR) is 129 cm³/mol. The van der Waals surface area contributed by atoms with E-state index in [4.69, 9.17) is 23.2 Å². The third-order valence-corrected chi connectivity index (χ3v) is 6.95. The summed E-state index contributed by atoms with van der Waals surface area (Å²) in [6, 6.07) is 13.9. The largest absolute Gasteiger partial charge is 0.309 e. The minimum atomic E-state index is -0.906. The molecule has 1 unspecified atom stereocenters. The third-order valence-electron chi connectivity index (χ3n) is 6.37. The van der Waals surface area contributed by atoms with Crippen molar-refractivity contribution in [3.05, 3.63) is 75.9 Å². The second-order valence-corrected chi connectivity index (χ2v) is 9.36. The van der Waals surface area contributed by atoms with Crippen molar-refractivity contribution in [1.82, 2.24) is 14.7 Å². The lowest BCUT2D eigenvalue weighted by atomic mass is 9.98. The molecule has 3 aromatic rings. The summed E-state index contributed by atoms with van der Waals surface area (Å²) in [6.07, 6.45) is 2.33. The number of carbonyl (C=O) groups excluding carboxylic acids is 3. The summed E-state index contributed by atoms with van der Waals surface area (Å²) in [6.45, 7) is 1.95. The Morgan fingerprint density at radius 1 is 1.15 bits per heavy atom. The Labute approximate surface area is 206 Å². The van der Waals surface area contributed by atoms with Crippen LogP contribution in [0.3, 0.4) is 0 Å². The molecule has 0 saturated carbocycles. The number of halogens is 2. The molecule has 1 saturated heterocycles. The van der Waals surface area contributed by atoms with Crippen LogP contribution < -0.4 is 10.2 Å². The van der Waals surface area contributed by atoms with E-state index >= 15 is 0 Å². The molecule has 0 spiro atoms. The molecule has 10 heteroatoms. The zero-order valence-corrected chi connectivity index (χ0v) is 19.8. The van der Waals surface area contributed by atoms with Crippen molar-refractivity contribution in [3.63, 3.8) is 0 Å². The molecule has 1 atom stereocenters. The molecule has 2 aliphatic rings. The minimum Gasteiger partial charge on any atom is -0.309 e. The van der Waals surface area contributed by atoms with Crippen LogP contribution in [0.4, 0.5) is 11.5 Å². The van der Waals surface area contributed by atoms with Crippen molar-refractivity contribution >= 4 is 52.4 Å². The first-order valence-corrected chi connectivity index (χ1v) is 11.5. The average Bonchev–Trinajstić information content (AvgIpc) is 3.37. The van der Waals surface area contributed by atoms with Crippen LogP contribution in [-0.4, -0.2) is 44.6 Å². The Morgan fingerprint density at radius 3 is 2.74 bits per heavy atom. The van der Waals surface area contributed by atoms with Crippen LogP contribution in [0.5, 0.6) is 0 Å². The van der Waals surface area contributed by atoms with Gasteiger partial charge < -0.3 is 10.2 Å². The van der Waals surface area contributed by atoms with E-state index in [9.17, 15) is 14.4 Å². The fourth-order valence-electron chi connectivity index (χ4n) is 4.64. The molecule has 34 heavy (non-hydrogen) atoms. The van der Waals surface area contributed by atoms with Crippen LogP contribution in [-0.2, 0) is 16.1 Å². The van der Waals surface area contributed by atoms with E-state index in [0.29, 0.717) is 46.5 Å². The maximum Gasteiger partial charge on any atom is 0.258 e. The number of hydrogen-bond acceptors (Lipinski definition) is 4. The first-order valence-electron chi connectivity index (χ1n) is 10.8. The molecule has 2 aromatic carbocycles. The Morgan fingerprint density at radius 2 is 1.94 bits per heavy atom. The van der Waals surface area contributed by atoms with Gasteiger partial charge in [-0.3, -0.25) is 19.3 Å². The van der Waals surface area contributed by atoms with Crippen LogP contribution in [0.15, 0.2) is 54.7 Å². The molecular weight excluding hydrogens is 477 g/mol. The van der Waals surface area contributed by atoms with Gasteiger partial charge in [0, 0.05) is 22.5 Å². The van der Waals surface area contributed by atoms with Crippen molar-refractivity contribution in [2.45, 2.75) is 32.0 Å². The second kappa shape index (κ2) is 8.45. The summed E-state index contributed by atoms with van der Waals surface area (Å²) >= 11 is 12.3. The zero-order chi connectivity index (χ0) is 24.0. The van der Waals surface area contributed by atoms with Gasteiger partial charge in [-0.2, -0.15) is 5.10 Å². The van der Waals surface area contributed by atoms with E-state index in [-0.39, 0.29) is 18.4 Å². The fourth-order valence-corrected chi connectivity index (χ4v) is 5.11. The van der Waals surface area contributed by atoms with Crippen molar-refractivity contribution in [1.29, 1.82) is 0 Å². The number of carbonyl (C=O) groups is 3. The highest BCUT2D eigenvalue weighted by Crippen LogP contribution is 2.43. The molecule has 1 N–H and O–H groups in total. The molecule has 0 bridgehead atoms. The first-order chi connectivity index (χ1) is 16.3. The molecule has 3 heterocycles. The van der Waals surface area contributed by atoms with Gasteiger partial charge in [0.2, 0.25) is 11.8 Å². The molecule has 2 aliphatic heterocycles. The Hall–Kier alpha value is -3.36. The lowest BCUT2D eigenvalue weighted by Crippen LogP contribution is -2.63. The Balaban J connectivity index is 1.37. The van der Waals surface area contributed by atoms with Gasteiger partial charge in [0.05, 0.1) is 24.0 Å². The van der Waals surface area contributed by atoms with E-state index in [1.807, 2.05) is 6.92 Å². The van der Waals surface area contributed by atoms with E-state index < -0.39 is 11.6 Å². The number of anilines is 2. The van der Waals surface area contributed by atoms with Gasteiger partial charge in [-0.05, 0) is 43.2 Å². The number of rotatable bonds is 5. The van der Waals surface area contributed by atoms with E-state index in [2.05, 4.69) is 10.4 Å². The van der Waals surface area contributed by atoms with E-state index in [1.165, 1.54) is 4.90 Å². The molecule has 1 fully saturated rings. The van der Waals surface area contributed by atoms with E-state index in [1.54, 1.807) is 64.3 Å². The molecule has 0 radical (unpaired) electrons. The molecule has 1 aromatic heterocycles. The van der Waals surface area contributed by atoms with Crippen molar-refractivity contribution in [3.8, 4) is 0 Å². The summed E-state index contributed by atoms with van der Waals surface area (Å²) in [5.74, 6) is -0.269. The minimum absolute atomic E-state index is 0.0641. The molecule has 174 valence electrons. The topological polar surface area (TPSA) is 87.5 Å². The molecule has 8 nitrogen and oxygen atoms in total. The van der Waals surface area contributed by atoms with Crippen LogP contribution in [0.2, 0.25) is 10.0 Å². The number of nitrogens with zero attached hydrogens (tertiary/aromatic N) is 4. The highest BCUT2D eigenvalue weighted by molar-refractivity contribution is 6.35. The van der Waals surface area contributed by atoms with Crippen molar-refractivity contribution in [2.75, 3.05) is 16.8 Å². The number of hydrogen-bond donors (Lipinski definition) is 1.